The fourth-order valence-electron chi connectivity index (χ4n) is 6.47. The summed E-state index contributed by atoms with van der Waals surface area (Å²) in [7, 11) is 0. The number of aryl methyl sites for hydroxylation is 1. The van der Waals surface area contributed by atoms with Crippen molar-refractivity contribution in [2.24, 2.45) is 5.92 Å². The van der Waals surface area contributed by atoms with E-state index in [1.54, 1.807) is 6.92 Å². The van der Waals surface area contributed by atoms with Crippen LogP contribution >= 0.6 is 0 Å². The molecule has 0 aliphatic heterocycles. The Morgan fingerprint density at radius 1 is 0.894 bits per heavy atom. The van der Waals surface area contributed by atoms with Crippen molar-refractivity contribution in [3.8, 4) is 11.5 Å². The van der Waals surface area contributed by atoms with Gasteiger partial charge < -0.3 is 14.2 Å². The van der Waals surface area contributed by atoms with Gasteiger partial charge in [-0.25, -0.2) is 4.79 Å². The Morgan fingerprint density at radius 3 is 2.11 bits per heavy atom. The number of rotatable bonds is 17. The van der Waals surface area contributed by atoms with E-state index in [1.165, 1.54) is 62.0 Å². The maximum Gasteiger partial charge on any atom is 0.416 e. The molecule has 2 aromatic carbocycles. The van der Waals surface area contributed by atoms with Gasteiger partial charge in [0.15, 0.2) is 5.82 Å². The number of benzene rings is 2. The summed E-state index contributed by atoms with van der Waals surface area (Å²) in [5.41, 5.74) is 1.28. The van der Waals surface area contributed by atoms with Crippen LogP contribution in [0.2, 0.25) is 0 Å². The molecule has 10 heteroatoms. The fourth-order valence-corrected chi connectivity index (χ4v) is 6.47. The minimum Gasteiger partial charge on any atom is -0.459 e. The number of alkyl halides is 3. The molecule has 4 rings (SSSR count). The molecule has 1 aliphatic carbocycles. The second kappa shape index (κ2) is 18.0. The zero-order chi connectivity index (χ0) is 33.6. The average molecular weight is 656 g/mol. The highest BCUT2D eigenvalue weighted by Gasteiger charge is 2.38. The summed E-state index contributed by atoms with van der Waals surface area (Å²) < 4.78 is 50.6. The molecule has 1 atom stereocenters. The second-order valence-electron chi connectivity index (χ2n) is 12.6. The Labute approximate surface area is 276 Å². The van der Waals surface area contributed by atoms with Gasteiger partial charge in [-0.15, -0.1) is 0 Å². The van der Waals surface area contributed by atoms with E-state index in [4.69, 9.17) is 9.26 Å². The Hall–Kier alpha value is -3.69. The van der Waals surface area contributed by atoms with Crippen LogP contribution in [0, 0.1) is 5.92 Å². The molecule has 7 nitrogen and oxygen atoms in total. The molecule has 1 aliphatic rings. The van der Waals surface area contributed by atoms with Gasteiger partial charge in [0.05, 0.1) is 18.2 Å². The van der Waals surface area contributed by atoms with Gasteiger partial charge in [0.2, 0.25) is 0 Å². The van der Waals surface area contributed by atoms with Crippen LogP contribution in [0.4, 0.5) is 13.2 Å². The van der Waals surface area contributed by atoms with Gasteiger partial charge in [0, 0.05) is 18.5 Å². The van der Waals surface area contributed by atoms with Crippen LogP contribution in [0.5, 0.6) is 0 Å². The second-order valence-corrected chi connectivity index (χ2v) is 12.6. The molecule has 256 valence electrons. The summed E-state index contributed by atoms with van der Waals surface area (Å²) in [5.74, 6) is -0.716. The van der Waals surface area contributed by atoms with Crippen molar-refractivity contribution in [1.82, 2.24) is 15.0 Å². The molecule has 0 N–H and O–H groups in total. The van der Waals surface area contributed by atoms with E-state index in [-0.39, 0.29) is 19.1 Å². The summed E-state index contributed by atoms with van der Waals surface area (Å²) in [5, 5.41) is 4.15. The SMILES string of the molecule is CCCCCCCCCCCc1noc(-c2ccc(CN(C(=O)C(=O)OCC)C(c3ccc(C(F)(F)F)cc3)C3CCCC3)cc2)n1. The highest BCUT2D eigenvalue weighted by atomic mass is 19.4. The van der Waals surface area contributed by atoms with Gasteiger partial charge in [0.1, 0.15) is 0 Å². The fraction of sp³-hybridized carbons (Fsp3) is 0.568. The van der Waals surface area contributed by atoms with Crippen LogP contribution in [-0.2, 0) is 33.5 Å². The number of halogens is 3. The van der Waals surface area contributed by atoms with E-state index in [1.807, 2.05) is 24.3 Å². The van der Waals surface area contributed by atoms with Crippen molar-refractivity contribution in [3.63, 3.8) is 0 Å². The summed E-state index contributed by atoms with van der Waals surface area (Å²) in [6.45, 7) is 3.97. The summed E-state index contributed by atoms with van der Waals surface area (Å²) >= 11 is 0. The van der Waals surface area contributed by atoms with E-state index in [9.17, 15) is 22.8 Å². The normalized spacial score (nSPS) is 14.3. The highest BCUT2D eigenvalue weighted by molar-refractivity contribution is 6.32. The maximum atomic E-state index is 13.6. The molecule has 1 unspecified atom stereocenters. The third kappa shape index (κ3) is 10.7. The Morgan fingerprint density at radius 2 is 1.51 bits per heavy atom. The number of ether oxygens (including phenoxy) is 1. The molecule has 3 aromatic rings. The standard InChI is InChI=1S/C37H48F3N3O4/c1-3-5-6-7-8-9-10-11-12-17-32-41-34(47-42-32)30-20-18-27(19-21-30)26-43(35(44)36(45)46-4-2)33(28-15-13-14-16-28)29-22-24-31(25-23-29)37(38,39)40/h18-25,28,33H,3-17,26H2,1-2H3. The summed E-state index contributed by atoms with van der Waals surface area (Å²) in [6, 6.07) is 11.7. The first-order chi connectivity index (χ1) is 22.7. The number of amides is 1. The Bertz CT molecular complexity index is 1380. The number of unbranched alkanes of at least 4 members (excludes halogenated alkanes) is 8. The third-order valence-corrected chi connectivity index (χ3v) is 9.00. The molecular formula is C37H48F3N3O4. The molecule has 47 heavy (non-hydrogen) atoms. The lowest BCUT2D eigenvalue weighted by Gasteiger charge is -2.36. The number of hydrogen-bond acceptors (Lipinski definition) is 6. The first-order valence-electron chi connectivity index (χ1n) is 17.3. The van der Waals surface area contributed by atoms with E-state index < -0.39 is 29.7 Å². The third-order valence-electron chi connectivity index (χ3n) is 9.00. The van der Waals surface area contributed by atoms with E-state index in [2.05, 4.69) is 17.1 Å². The summed E-state index contributed by atoms with van der Waals surface area (Å²) in [4.78, 5) is 32.3. The molecule has 0 bridgehead atoms. The van der Waals surface area contributed by atoms with Gasteiger partial charge >= 0.3 is 18.1 Å². The molecule has 1 saturated carbocycles. The van der Waals surface area contributed by atoms with Crippen molar-refractivity contribution in [2.75, 3.05) is 6.61 Å². The number of aromatic nitrogens is 2. The number of carbonyl (C=O) groups is 2. The quantitative estimate of drug-likeness (QED) is 0.0818. The van der Waals surface area contributed by atoms with Crippen LogP contribution in [0.25, 0.3) is 11.5 Å². The lowest BCUT2D eigenvalue weighted by molar-refractivity contribution is -0.162. The van der Waals surface area contributed by atoms with Crippen LogP contribution in [-0.4, -0.2) is 33.5 Å². The van der Waals surface area contributed by atoms with E-state index in [0.717, 1.165) is 68.2 Å². The molecule has 1 aromatic heterocycles. The minimum absolute atomic E-state index is 0.00741. The van der Waals surface area contributed by atoms with Gasteiger partial charge in [-0.3, -0.25) is 4.79 Å². The highest BCUT2D eigenvalue weighted by Crippen LogP contribution is 2.41. The molecule has 1 fully saturated rings. The van der Waals surface area contributed by atoms with Crippen molar-refractivity contribution < 1.29 is 32.0 Å². The Kier molecular flexibility index (Phi) is 13.9. The van der Waals surface area contributed by atoms with Gasteiger partial charge in [-0.05, 0) is 67.5 Å². The predicted molar refractivity (Wildman–Crippen MR) is 174 cm³/mol. The predicted octanol–water partition coefficient (Wildman–Crippen LogP) is 9.65. The van der Waals surface area contributed by atoms with E-state index in [0.29, 0.717) is 17.3 Å². The van der Waals surface area contributed by atoms with Crippen molar-refractivity contribution in [3.05, 3.63) is 71.0 Å². The van der Waals surface area contributed by atoms with Crippen LogP contribution in [0.3, 0.4) is 0 Å². The van der Waals surface area contributed by atoms with Crippen molar-refractivity contribution in [1.29, 1.82) is 0 Å². The van der Waals surface area contributed by atoms with Crippen molar-refractivity contribution in [2.45, 2.75) is 123 Å². The van der Waals surface area contributed by atoms with E-state index >= 15 is 0 Å². The van der Waals surface area contributed by atoms with Gasteiger partial charge in [-0.1, -0.05) is 101 Å². The zero-order valence-electron chi connectivity index (χ0n) is 27.7. The molecule has 1 heterocycles. The number of hydrogen-bond donors (Lipinski definition) is 0. The largest absolute Gasteiger partial charge is 0.459 e. The van der Waals surface area contributed by atoms with Crippen LogP contribution in [0.1, 0.15) is 126 Å². The summed E-state index contributed by atoms with van der Waals surface area (Å²) in [6.07, 6.45) is 11.0. The lowest BCUT2D eigenvalue weighted by Crippen LogP contribution is -2.42. The molecule has 1 amide bonds. The Balaban J connectivity index is 1.45. The van der Waals surface area contributed by atoms with Gasteiger partial charge in [0.25, 0.3) is 5.89 Å². The van der Waals surface area contributed by atoms with Gasteiger partial charge in [-0.2, -0.15) is 18.2 Å². The molecule has 0 saturated heterocycles. The molecular weight excluding hydrogens is 607 g/mol. The van der Waals surface area contributed by atoms with Crippen LogP contribution in [0.15, 0.2) is 53.1 Å². The maximum absolute atomic E-state index is 13.6. The number of nitrogens with zero attached hydrogens (tertiary/aromatic N) is 3. The first kappa shape index (κ1) is 36.2. The lowest BCUT2D eigenvalue weighted by atomic mass is 9.89. The van der Waals surface area contributed by atoms with Crippen LogP contribution < -0.4 is 0 Å². The average Bonchev–Trinajstić information content (AvgIpc) is 3.77. The molecule has 0 spiro atoms. The monoisotopic (exact) mass is 655 g/mol. The number of esters is 1. The number of carbonyl (C=O) groups excluding carboxylic acids is 2. The molecule has 0 radical (unpaired) electrons. The minimum atomic E-state index is -4.48. The zero-order valence-corrected chi connectivity index (χ0v) is 27.7. The smallest absolute Gasteiger partial charge is 0.416 e. The first-order valence-corrected chi connectivity index (χ1v) is 17.3. The van der Waals surface area contributed by atoms with Crippen molar-refractivity contribution >= 4 is 11.9 Å². The topological polar surface area (TPSA) is 85.5 Å².